The van der Waals surface area contributed by atoms with E-state index >= 15 is 0 Å². The van der Waals surface area contributed by atoms with Crippen molar-refractivity contribution in [3.63, 3.8) is 0 Å². The van der Waals surface area contributed by atoms with E-state index in [2.05, 4.69) is 210 Å². The molecule has 0 amide bonds. The second kappa shape index (κ2) is 17.1. The zero-order chi connectivity index (χ0) is 40.1. The molecule has 5 heteroatoms. The third kappa shape index (κ3) is 6.83. The molecule has 1 aliphatic heterocycles. The van der Waals surface area contributed by atoms with Crippen molar-refractivity contribution in [2.24, 2.45) is 0 Å². The topological polar surface area (TPSA) is 38.7 Å². The Morgan fingerprint density at radius 2 is 0.729 bits per heavy atom. The summed E-state index contributed by atoms with van der Waals surface area (Å²) in [6, 6.07) is 73.2. The van der Waals surface area contributed by atoms with Gasteiger partial charge in [0.25, 0.3) is 0 Å². The van der Waals surface area contributed by atoms with Gasteiger partial charge >= 0.3 is 7.69 Å². The van der Waals surface area contributed by atoms with Gasteiger partial charge in [0, 0.05) is 17.7 Å². The van der Waals surface area contributed by atoms with Gasteiger partial charge in [0.2, 0.25) is 0 Å². The molecular weight excluding hydrogens is 787 g/mol. The predicted octanol–water partition coefficient (Wildman–Crippen LogP) is 12.6. The zero-order valence-electron chi connectivity index (χ0n) is 32.7. The van der Waals surface area contributed by atoms with Crippen molar-refractivity contribution in [2.75, 3.05) is 13.2 Å². The number of halogens is 1. The van der Waals surface area contributed by atoms with Gasteiger partial charge in [-0.1, -0.05) is 198 Å². The first-order chi connectivity index (χ1) is 29.2. The van der Waals surface area contributed by atoms with Gasteiger partial charge in [0.1, 0.15) is 0 Å². The summed E-state index contributed by atoms with van der Waals surface area (Å²) in [6.07, 6.45) is 2.56. The fraction of sp³-hybridized carbons (Fsp3) is 0.111. The summed E-state index contributed by atoms with van der Waals surface area (Å²) in [7, 11) is 0.710. The van der Waals surface area contributed by atoms with Crippen LogP contribution in [0.5, 0.6) is 5.75 Å². The minimum Gasteiger partial charge on any atom is -0.537 e. The molecule has 8 aromatic rings. The third-order valence-corrected chi connectivity index (χ3v) is 12.4. The Morgan fingerprint density at radius 1 is 0.407 bits per heavy atom. The van der Waals surface area contributed by atoms with E-state index < -0.39 is 5.41 Å². The number of rotatable bonds is 6. The summed E-state index contributed by atoms with van der Waals surface area (Å²) in [4.78, 5) is 0. The average Bonchev–Trinajstić information content (AvgIpc) is 4.06. The van der Waals surface area contributed by atoms with E-state index in [1.165, 1.54) is 79.6 Å². The Morgan fingerprint density at radius 3 is 1.07 bits per heavy atom. The molecule has 8 aromatic carbocycles. The van der Waals surface area contributed by atoms with Crippen LogP contribution >= 0.6 is 15.9 Å². The monoisotopic (exact) mass is 829 g/mol. The van der Waals surface area contributed by atoms with Crippen LogP contribution in [0.1, 0.15) is 57.3 Å². The third-order valence-electron chi connectivity index (χ3n) is 11.9. The molecule has 0 atom stereocenters. The highest BCUT2D eigenvalue weighted by Gasteiger charge is 2.47. The normalized spacial score (nSPS) is 14.5. The molecule has 1 radical (unpaired) electrons. The Bertz CT molecular complexity index is 2560. The molecule has 1 fully saturated rings. The van der Waals surface area contributed by atoms with Gasteiger partial charge in [-0.05, 0) is 104 Å². The van der Waals surface area contributed by atoms with Crippen LogP contribution in [0.4, 0.5) is 0 Å². The molecule has 1 heterocycles. The first kappa shape index (κ1) is 38.5. The Hall–Kier alpha value is -5.98. The van der Waals surface area contributed by atoms with E-state index in [0.717, 1.165) is 17.7 Å². The van der Waals surface area contributed by atoms with E-state index in [1.807, 2.05) is 12.1 Å². The van der Waals surface area contributed by atoms with Gasteiger partial charge in [-0.25, -0.2) is 0 Å². The summed E-state index contributed by atoms with van der Waals surface area (Å²) in [5, 5.41) is 8.94. The maximum absolute atomic E-state index is 8.94. The van der Waals surface area contributed by atoms with Crippen molar-refractivity contribution in [3.05, 3.63) is 255 Å². The maximum Gasteiger partial charge on any atom is 0.569 e. The molecular formula is C54H43BBrO3. The molecule has 1 saturated heterocycles. The van der Waals surface area contributed by atoms with Crippen LogP contribution in [0.3, 0.4) is 0 Å². The number of ether oxygens (including phenoxy) is 1. The number of benzene rings is 8. The van der Waals surface area contributed by atoms with Gasteiger partial charge in [-0.3, -0.25) is 0 Å². The zero-order valence-corrected chi connectivity index (χ0v) is 34.3. The highest BCUT2D eigenvalue weighted by molar-refractivity contribution is 9.10. The van der Waals surface area contributed by atoms with Crippen molar-refractivity contribution in [2.45, 2.75) is 23.7 Å². The highest BCUT2D eigenvalue weighted by atomic mass is 79.9. The molecule has 2 aliphatic carbocycles. The molecule has 59 heavy (non-hydrogen) atoms. The van der Waals surface area contributed by atoms with Gasteiger partial charge in [0.05, 0.1) is 16.6 Å². The minimum absolute atomic E-state index is 0.283. The summed E-state index contributed by atoms with van der Waals surface area (Å²) < 4.78 is 11.2. The summed E-state index contributed by atoms with van der Waals surface area (Å²) in [5.74, 6) is 0.606. The molecule has 1 N–H and O–H groups in total. The lowest BCUT2D eigenvalue weighted by Crippen LogP contribution is -2.28. The van der Waals surface area contributed by atoms with Crippen molar-refractivity contribution in [3.8, 4) is 28.0 Å². The number of hydrogen-bond acceptors (Lipinski definition) is 3. The fourth-order valence-corrected chi connectivity index (χ4v) is 9.74. The minimum atomic E-state index is -0.393. The van der Waals surface area contributed by atoms with Gasteiger partial charge in [-0.2, -0.15) is 0 Å². The molecule has 11 rings (SSSR count). The van der Waals surface area contributed by atoms with Gasteiger partial charge < -0.3 is 14.4 Å². The summed E-state index contributed by atoms with van der Waals surface area (Å²) in [5.41, 5.74) is 14.8. The Kier molecular flexibility index (Phi) is 11.2. The van der Waals surface area contributed by atoms with Crippen LogP contribution in [0, 0.1) is 0 Å². The van der Waals surface area contributed by atoms with Crippen molar-refractivity contribution in [1.29, 1.82) is 0 Å². The van der Waals surface area contributed by atoms with Crippen molar-refractivity contribution < 1.29 is 14.4 Å². The molecule has 0 bridgehead atoms. The van der Waals surface area contributed by atoms with Crippen molar-refractivity contribution >= 4 is 23.6 Å². The average molecular weight is 831 g/mol. The second-order valence-electron chi connectivity index (χ2n) is 15.0. The van der Waals surface area contributed by atoms with E-state index in [4.69, 9.17) is 14.4 Å². The van der Waals surface area contributed by atoms with Gasteiger partial charge in [-0.15, -0.1) is 0 Å². The quantitative estimate of drug-likeness (QED) is 0.170. The molecule has 0 saturated carbocycles. The Labute approximate surface area is 356 Å². The van der Waals surface area contributed by atoms with E-state index in [-0.39, 0.29) is 5.41 Å². The lowest BCUT2D eigenvalue weighted by atomic mass is 9.68. The Balaban J connectivity index is 0.000000136. The predicted molar refractivity (Wildman–Crippen MR) is 244 cm³/mol. The fourth-order valence-electron chi connectivity index (χ4n) is 9.48. The molecule has 3 nitrogen and oxygen atoms in total. The lowest BCUT2D eigenvalue weighted by molar-refractivity contribution is 0.198. The molecule has 0 aromatic heterocycles. The largest absolute Gasteiger partial charge is 0.569 e. The van der Waals surface area contributed by atoms with Crippen LogP contribution in [0.2, 0.25) is 0 Å². The molecule has 287 valence electrons. The summed E-state index contributed by atoms with van der Waals surface area (Å²) >= 11 is 3.59. The number of hydrogen-bond donors (Lipinski definition) is 1. The summed E-state index contributed by atoms with van der Waals surface area (Å²) in [6.45, 7) is 2.00. The molecule has 0 spiro atoms. The highest BCUT2D eigenvalue weighted by Crippen LogP contribution is 2.57. The van der Waals surface area contributed by atoms with Crippen molar-refractivity contribution in [1.82, 2.24) is 0 Å². The number of fused-ring (bicyclic) bond motifs is 6. The van der Waals surface area contributed by atoms with Crippen LogP contribution in [0.15, 0.2) is 211 Å². The first-order valence-electron chi connectivity index (χ1n) is 20.2. The van der Waals surface area contributed by atoms with Crippen LogP contribution in [-0.2, 0) is 15.6 Å². The lowest BCUT2D eigenvalue weighted by Gasteiger charge is -2.33. The van der Waals surface area contributed by atoms with Crippen LogP contribution in [0.25, 0.3) is 22.3 Å². The standard InChI is InChI=1S/C25H18BO2.C25H17Br.C4H8O/c27-26-28-20-16-14-19(15-17-20)25(18-8-2-1-3-9-18)23-12-6-4-10-21(23)22-11-5-7-13-24(22)25;26-20-16-14-19(15-17-20)25(18-8-2-1-3-9-18)23-12-6-4-10-21(23)22-11-5-7-13-24(22)25;1-2-4-5-3-1/h1-17,27H;1-17H;1-4H2. The molecule has 0 unspecified atom stereocenters. The molecule has 3 aliphatic rings. The SMILES string of the molecule is Brc1ccc(C2(c3ccccc3)c3ccccc3-c3ccccc32)cc1.C1CCOC1.O[B]Oc1ccc(C2(c3ccccc3)c3ccccc3-c3ccccc32)cc1. The van der Waals surface area contributed by atoms with Crippen LogP contribution in [-0.4, -0.2) is 25.9 Å². The maximum atomic E-state index is 8.94. The smallest absolute Gasteiger partial charge is 0.537 e. The van der Waals surface area contributed by atoms with E-state index in [9.17, 15) is 0 Å². The van der Waals surface area contributed by atoms with Crippen LogP contribution < -0.4 is 4.65 Å². The first-order valence-corrected chi connectivity index (χ1v) is 21.0. The van der Waals surface area contributed by atoms with Gasteiger partial charge in [0.15, 0.2) is 0 Å². The van der Waals surface area contributed by atoms with E-state index in [1.54, 1.807) is 0 Å². The second-order valence-corrected chi connectivity index (χ2v) is 15.9. The van der Waals surface area contributed by atoms with E-state index in [0.29, 0.717) is 13.4 Å².